The molecule has 0 atom stereocenters. The average molecular weight is 260 g/mol. The molecule has 3 heteroatoms. The second-order valence-corrected chi connectivity index (χ2v) is 4.81. The van der Waals surface area contributed by atoms with Gasteiger partial charge in [0.1, 0.15) is 5.75 Å². The van der Waals surface area contributed by atoms with E-state index in [1.54, 1.807) is 7.11 Å². The number of methoxy groups -OCH3 is 1. The Bertz CT molecular complexity index is 794. The summed E-state index contributed by atoms with van der Waals surface area (Å²) in [6, 6.07) is 12.2. The number of rotatable bonds is 3. The summed E-state index contributed by atoms with van der Waals surface area (Å²) in [6.07, 6.45) is 5.68. The summed E-state index contributed by atoms with van der Waals surface area (Å²) in [5.74, 6) is 0.859. The standard InChI is InChI=1S/C17H12N2O/c1-20-14-4-2-11(3-5-14)12-6-13(9-18-8-12)16-10-19-17-7-15(16)17/h2-10H,1H3. The molecule has 0 saturated carbocycles. The third-order valence-electron chi connectivity index (χ3n) is 3.57. The van der Waals surface area contributed by atoms with Crippen LogP contribution in [0.4, 0.5) is 0 Å². The molecule has 0 N–H and O–H groups in total. The van der Waals surface area contributed by atoms with Crippen molar-refractivity contribution < 1.29 is 4.74 Å². The number of benzene rings is 1. The van der Waals surface area contributed by atoms with Gasteiger partial charge in [0, 0.05) is 40.8 Å². The summed E-state index contributed by atoms with van der Waals surface area (Å²) in [5.41, 5.74) is 6.86. The van der Waals surface area contributed by atoms with Gasteiger partial charge >= 0.3 is 0 Å². The van der Waals surface area contributed by atoms with E-state index < -0.39 is 0 Å². The Morgan fingerprint density at radius 2 is 1.60 bits per heavy atom. The van der Waals surface area contributed by atoms with E-state index in [4.69, 9.17) is 4.74 Å². The minimum Gasteiger partial charge on any atom is -0.497 e. The van der Waals surface area contributed by atoms with Crippen molar-refractivity contribution >= 4 is 0 Å². The predicted octanol–water partition coefficient (Wildman–Crippen LogP) is 3.80. The highest BCUT2D eigenvalue weighted by atomic mass is 16.5. The van der Waals surface area contributed by atoms with Gasteiger partial charge < -0.3 is 4.74 Å². The van der Waals surface area contributed by atoms with E-state index in [1.165, 1.54) is 11.1 Å². The normalized spacial score (nSPS) is 11.2. The van der Waals surface area contributed by atoms with Crippen molar-refractivity contribution in [1.82, 2.24) is 9.97 Å². The zero-order valence-electron chi connectivity index (χ0n) is 11.0. The Morgan fingerprint density at radius 1 is 0.800 bits per heavy atom. The van der Waals surface area contributed by atoms with Gasteiger partial charge in [0.2, 0.25) is 0 Å². The number of fused-ring (bicyclic) bond motifs is 1. The van der Waals surface area contributed by atoms with Gasteiger partial charge in [0.05, 0.1) is 12.8 Å². The second kappa shape index (κ2) is 4.17. The highest BCUT2D eigenvalue weighted by Crippen LogP contribution is 2.41. The van der Waals surface area contributed by atoms with Crippen LogP contribution in [0.1, 0.15) is 0 Å². The molecular formula is C17H12N2O. The van der Waals surface area contributed by atoms with Crippen LogP contribution in [0, 0.1) is 0 Å². The molecule has 0 amide bonds. The highest BCUT2D eigenvalue weighted by Gasteiger charge is 2.20. The van der Waals surface area contributed by atoms with Crippen LogP contribution in [0.2, 0.25) is 0 Å². The van der Waals surface area contributed by atoms with Crippen molar-refractivity contribution in [3.05, 3.63) is 55.0 Å². The Balaban J connectivity index is 1.73. The molecule has 2 aromatic rings. The van der Waals surface area contributed by atoms with Crippen molar-refractivity contribution in [3.63, 3.8) is 0 Å². The fourth-order valence-corrected chi connectivity index (χ4v) is 2.39. The highest BCUT2D eigenvalue weighted by molar-refractivity contribution is 5.93. The molecule has 0 spiro atoms. The van der Waals surface area contributed by atoms with Gasteiger partial charge in [-0.2, -0.15) is 0 Å². The molecule has 2 heterocycles. The van der Waals surface area contributed by atoms with Gasteiger partial charge in [-0.3, -0.25) is 9.97 Å². The van der Waals surface area contributed by atoms with E-state index in [2.05, 4.69) is 22.1 Å². The van der Waals surface area contributed by atoms with E-state index in [0.29, 0.717) is 0 Å². The number of hydrogen-bond donors (Lipinski definition) is 0. The number of hydrogen-bond acceptors (Lipinski definition) is 3. The number of aromatic nitrogens is 2. The van der Waals surface area contributed by atoms with Crippen LogP contribution in [0.25, 0.3) is 33.5 Å². The lowest BCUT2D eigenvalue weighted by molar-refractivity contribution is 0.415. The van der Waals surface area contributed by atoms with E-state index in [-0.39, 0.29) is 0 Å². The van der Waals surface area contributed by atoms with Crippen LogP contribution in [0.15, 0.2) is 55.0 Å². The average Bonchev–Trinajstić information content (AvgIpc) is 3.18. The predicted molar refractivity (Wildman–Crippen MR) is 78.5 cm³/mol. The van der Waals surface area contributed by atoms with Crippen molar-refractivity contribution in [2.45, 2.75) is 0 Å². The molecule has 4 rings (SSSR count). The molecule has 1 aromatic carbocycles. The molecule has 96 valence electrons. The summed E-state index contributed by atoms with van der Waals surface area (Å²) in [4.78, 5) is 8.66. The fraction of sp³-hybridized carbons (Fsp3) is 0.0588. The molecule has 0 radical (unpaired) electrons. The van der Waals surface area contributed by atoms with Crippen molar-refractivity contribution in [2.75, 3.05) is 7.11 Å². The monoisotopic (exact) mass is 260 g/mol. The lowest BCUT2D eigenvalue weighted by Crippen LogP contribution is -1.85. The zero-order chi connectivity index (χ0) is 13.5. The van der Waals surface area contributed by atoms with E-state index in [0.717, 1.165) is 28.1 Å². The maximum absolute atomic E-state index is 5.18. The number of nitrogens with zero attached hydrogens (tertiary/aromatic N) is 2. The molecule has 1 aliphatic heterocycles. The summed E-state index contributed by atoms with van der Waals surface area (Å²) in [6.45, 7) is 0. The topological polar surface area (TPSA) is 35.0 Å². The quantitative estimate of drug-likeness (QED) is 0.562. The van der Waals surface area contributed by atoms with Crippen LogP contribution >= 0.6 is 0 Å². The number of pyridine rings is 2. The minimum atomic E-state index is 0.859. The zero-order valence-corrected chi connectivity index (χ0v) is 11.0. The molecule has 0 fully saturated rings. The summed E-state index contributed by atoms with van der Waals surface area (Å²) in [5, 5.41) is 0. The first-order valence-electron chi connectivity index (χ1n) is 6.45. The molecule has 1 aromatic heterocycles. The summed E-state index contributed by atoms with van der Waals surface area (Å²) < 4.78 is 5.18. The van der Waals surface area contributed by atoms with Gasteiger partial charge in [-0.25, -0.2) is 0 Å². The van der Waals surface area contributed by atoms with E-state index in [9.17, 15) is 0 Å². The van der Waals surface area contributed by atoms with Crippen molar-refractivity contribution in [3.8, 4) is 39.3 Å². The third kappa shape index (κ3) is 1.75. The Labute approximate surface area is 116 Å². The van der Waals surface area contributed by atoms with Crippen molar-refractivity contribution in [1.29, 1.82) is 0 Å². The summed E-state index contributed by atoms with van der Waals surface area (Å²) in [7, 11) is 1.67. The molecule has 2 aliphatic rings. The smallest absolute Gasteiger partial charge is 0.118 e. The maximum Gasteiger partial charge on any atom is 0.118 e. The second-order valence-electron chi connectivity index (χ2n) is 4.81. The Hall–Kier alpha value is -2.68. The van der Waals surface area contributed by atoms with E-state index in [1.807, 2.05) is 42.9 Å². The Kier molecular flexibility index (Phi) is 2.33. The van der Waals surface area contributed by atoms with Crippen LogP contribution in [-0.4, -0.2) is 17.1 Å². The van der Waals surface area contributed by atoms with Gasteiger partial charge in [0.25, 0.3) is 0 Å². The van der Waals surface area contributed by atoms with Crippen LogP contribution in [0.5, 0.6) is 5.75 Å². The Morgan fingerprint density at radius 3 is 2.25 bits per heavy atom. The van der Waals surface area contributed by atoms with Gasteiger partial charge in [-0.15, -0.1) is 0 Å². The minimum absolute atomic E-state index is 0.859. The van der Waals surface area contributed by atoms with Gasteiger partial charge in [0.15, 0.2) is 0 Å². The first-order valence-corrected chi connectivity index (χ1v) is 6.45. The summed E-state index contributed by atoms with van der Waals surface area (Å²) >= 11 is 0. The first-order chi connectivity index (χ1) is 9.85. The SMILES string of the molecule is COc1ccc(-c2cncc(-c3cnc4cc3-4)c2)cc1. The molecule has 1 aliphatic carbocycles. The maximum atomic E-state index is 5.18. The third-order valence-corrected chi connectivity index (χ3v) is 3.57. The molecule has 3 nitrogen and oxygen atoms in total. The van der Waals surface area contributed by atoms with E-state index >= 15 is 0 Å². The van der Waals surface area contributed by atoms with Crippen LogP contribution in [0.3, 0.4) is 0 Å². The van der Waals surface area contributed by atoms with Crippen LogP contribution < -0.4 is 4.74 Å². The van der Waals surface area contributed by atoms with Crippen LogP contribution in [-0.2, 0) is 0 Å². The fourth-order valence-electron chi connectivity index (χ4n) is 2.39. The lowest BCUT2D eigenvalue weighted by atomic mass is 10.0. The molecule has 20 heavy (non-hydrogen) atoms. The van der Waals surface area contributed by atoms with Gasteiger partial charge in [-0.1, -0.05) is 12.1 Å². The molecule has 0 unspecified atom stereocenters. The first kappa shape index (κ1) is 11.2. The molecule has 0 saturated heterocycles. The largest absolute Gasteiger partial charge is 0.497 e. The lowest BCUT2D eigenvalue weighted by Gasteiger charge is -2.05. The van der Waals surface area contributed by atoms with Crippen molar-refractivity contribution in [2.24, 2.45) is 0 Å². The molecular weight excluding hydrogens is 248 g/mol. The van der Waals surface area contributed by atoms with Gasteiger partial charge in [-0.05, 0) is 29.8 Å². The molecule has 0 bridgehead atoms. The number of ether oxygens (including phenoxy) is 1.